The van der Waals surface area contributed by atoms with Crippen LogP contribution >= 0.6 is 0 Å². The van der Waals surface area contributed by atoms with Crippen molar-refractivity contribution >= 4 is 11.0 Å². The molecule has 1 aromatic heterocycles. The van der Waals surface area contributed by atoms with Gasteiger partial charge in [0.25, 0.3) is 0 Å². The maximum atomic E-state index is 13.7. The first-order valence-corrected chi connectivity index (χ1v) is 6.38. The van der Waals surface area contributed by atoms with Gasteiger partial charge in [-0.15, -0.1) is 0 Å². The summed E-state index contributed by atoms with van der Waals surface area (Å²) in [7, 11) is 1.81. The average molecular weight is 283 g/mol. The Bertz CT molecular complexity index is 875. The van der Waals surface area contributed by atoms with Crippen LogP contribution < -0.4 is 0 Å². The average Bonchev–Trinajstić information content (AvgIpc) is 2.79. The van der Waals surface area contributed by atoms with Crippen LogP contribution in [0.15, 0.2) is 36.4 Å². The summed E-state index contributed by atoms with van der Waals surface area (Å²) in [6.07, 6.45) is 0.191. The van der Waals surface area contributed by atoms with Crippen LogP contribution in [0.3, 0.4) is 0 Å². The third-order valence-electron chi connectivity index (χ3n) is 3.48. The van der Waals surface area contributed by atoms with Crippen molar-refractivity contribution in [1.29, 1.82) is 5.26 Å². The molecule has 0 atom stereocenters. The van der Waals surface area contributed by atoms with Gasteiger partial charge in [0.05, 0.1) is 22.7 Å². The highest BCUT2D eigenvalue weighted by molar-refractivity contribution is 5.77. The van der Waals surface area contributed by atoms with Crippen molar-refractivity contribution in [2.24, 2.45) is 7.05 Å². The molecule has 3 rings (SSSR count). The molecule has 0 unspecified atom stereocenters. The van der Waals surface area contributed by atoms with Gasteiger partial charge in [-0.25, -0.2) is 13.8 Å². The monoisotopic (exact) mass is 283 g/mol. The van der Waals surface area contributed by atoms with E-state index < -0.39 is 11.6 Å². The molecule has 0 saturated carbocycles. The number of aryl methyl sites for hydroxylation is 1. The Hall–Kier alpha value is -2.74. The van der Waals surface area contributed by atoms with E-state index in [0.29, 0.717) is 16.9 Å². The Morgan fingerprint density at radius 3 is 2.81 bits per heavy atom. The zero-order valence-corrected chi connectivity index (χ0v) is 11.3. The maximum absolute atomic E-state index is 13.7. The van der Waals surface area contributed by atoms with Crippen LogP contribution in [0.1, 0.15) is 17.0 Å². The van der Waals surface area contributed by atoms with Gasteiger partial charge >= 0.3 is 0 Å². The number of aromatic nitrogens is 2. The Morgan fingerprint density at radius 1 is 1.24 bits per heavy atom. The summed E-state index contributed by atoms with van der Waals surface area (Å²) >= 11 is 0. The minimum absolute atomic E-state index is 0.191. The number of nitrogens with zero attached hydrogens (tertiary/aromatic N) is 3. The van der Waals surface area contributed by atoms with Gasteiger partial charge in [-0.3, -0.25) is 0 Å². The minimum Gasteiger partial charge on any atom is -0.331 e. The predicted molar refractivity (Wildman–Crippen MR) is 74.6 cm³/mol. The van der Waals surface area contributed by atoms with Crippen molar-refractivity contribution in [3.63, 3.8) is 0 Å². The highest BCUT2D eigenvalue weighted by Gasteiger charge is 2.13. The molecule has 0 aliphatic rings. The van der Waals surface area contributed by atoms with Crippen LogP contribution in [-0.2, 0) is 13.5 Å². The van der Waals surface area contributed by atoms with E-state index in [-0.39, 0.29) is 12.0 Å². The topological polar surface area (TPSA) is 41.6 Å². The molecular formula is C16H11F2N3. The van der Waals surface area contributed by atoms with Crippen molar-refractivity contribution in [2.45, 2.75) is 6.42 Å². The molecule has 0 aliphatic carbocycles. The summed E-state index contributed by atoms with van der Waals surface area (Å²) in [5.74, 6) is -1.09. The highest BCUT2D eigenvalue weighted by Crippen LogP contribution is 2.20. The van der Waals surface area contributed by atoms with Gasteiger partial charge in [0.15, 0.2) is 11.6 Å². The number of rotatable bonds is 2. The van der Waals surface area contributed by atoms with Gasteiger partial charge < -0.3 is 4.57 Å². The Morgan fingerprint density at radius 2 is 2.05 bits per heavy atom. The fourth-order valence-electron chi connectivity index (χ4n) is 2.33. The van der Waals surface area contributed by atoms with Crippen LogP contribution in [0, 0.1) is 23.0 Å². The second-order valence-electron chi connectivity index (χ2n) is 4.79. The van der Waals surface area contributed by atoms with Gasteiger partial charge in [0.2, 0.25) is 0 Å². The van der Waals surface area contributed by atoms with E-state index in [9.17, 15) is 8.78 Å². The number of hydrogen-bond acceptors (Lipinski definition) is 2. The zero-order chi connectivity index (χ0) is 15.0. The smallest absolute Gasteiger partial charge is 0.162 e. The molecule has 0 spiro atoms. The quantitative estimate of drug-likeness (QED) is 0.724. The van der Waals surface area contributed by atoms with E-state index >= 15 is 0 Å². The predicted octanol–water partition coefficient (Wildman–Crippen LogP) is 3.31. The lowest BCUT2D eigenvalue weighted by Crippen LogP contribution is -2.02. The van der Waals surface area contributed by atoms with E-state index in [0.717, 1.165) is 11.6 Å². The van der Waals surface area contributed by atoms with Gasteiger partial charge in [-0.2, -0.15) is 5.26 Å². The molecule has 3 nitrogen and oxygen atoms in total. The fraction of sp³-hybridized carbons (Fsp3) is 0.125. The first-order chi connectivity index (χ1) is 10.1. The molecule has 0 fully saturated rings. The third-order valence-corrected chi connectivity index (χ3v) is 3.48. The van der Waals surface area contributed by atoms with Gasteiger partial charge in [-0.05, 0) is 29.8 Å². The summed E-state index contributed by atoms with van der Waals surface area (Å²) in [5, 5.41) is 8.90. The number of hydrogen-bond donors (Lipinski definition) is 0. The van der Waals surface area contributed by atoms with Gasteiger partial charge in [0, 0.05) is 13.5 Å². The van der Waals surface area contributed by atoms with E-state index in [1.807, 2.05) is 11.6 Å². The largest absolute Gasteiger partial charge is 0.331 e. The first-order valence-electron chi connectivity index (χ1n) is 6.38. The van der Waals surface area contributed by atoms with E-state index in [1.54, 1.807) is 24.3 Å². The summed E-state index contributed by atoms with van der Waals surface area (Å²) in [5.41, 5.74) is 2.29. The van der Waals surface area contributed by atoms with Crippen LogP contribution in [0.2, 0.25) is 0 Å². The number of nitriles is 1. The molecule has 0 saturated heterocycles. The Balaban J connectivity index is 2.07. The summed E-state index contributed by atoms with van der Waals surface area (Å²) in [4.78, 5) is 4.41. The number of imidazole rings is 1. The normalized spacial score (nSPS) is 10.8. The SMILES string of the molecule is Cn1c(Cc2cccc(F)c2F)nc2cc(C#N)ccc21. The second kappa shape index (κ2) is 4.98. The molecule has 3 aromatic rings. The first kappa shape index (κ1) is 13.3. The molecule has 21 heavy (non-hydrogen) atoms. The molecule has 5 heteroatoms. The molecule has 0 N–H and O–H groups in total. The van der Waals surface area contributed by atoms with Crippen molar-refractivity contribution in [3.8, 4) is 6.07 Å². The van der Waals surface area contributed by atoms with Gasteiger partial charge in [-0.1, -0.05) is 12.1 Å². The molecule has 0 aliphatic heterocycles. The Labute approximate surface area is 120 Å². The molecule has 0 amide bonds. The van der Waals surface area contributed by atoms with Crippen LogP contribution in [0.4, 0.5) is 8.78 Å². The van der Waals surface area contributed by atoms with Crippen molar-refractivity contribution in [3.05, 3.63) is 65.0 Å². The standard InChI is InChI=1S/C16H11F2N3/c1-21-14-6-5-10(9-19)7-13(14)20-15(21)8-11-3-2-4-12(17)16(11)18/h2-7H,8H2,1H3. The number of fused-ring (bicyclic) bond motifs is 1. The minimum atomic E-state index is -0.863. The van der Waals surface area contributed by atoms with Crippen LogP contribution in [-0.4, -0.2) is 9.55 Å². The van der Waals surface area contributed by atoms with E-state index in [4.69, 9.17) is 5.26 Å². The molecule has 0 radical (unpaired) electrons. The third kappa shape index (κ3) is 2.25. The fourth-order valence-corrected chi connectivity index (χ4v) is 2.33. The maximum Gasteiger partial charge on any atom is 0.162 e. The van der Waals surface area contributed by atoms with Crippen molar-refractivity contribution in [2.75, 3.05) is 0 Å². The second-order valence-corrected chi connectivity index (χ2v) is 4.79. The lowest BCUT2D eigenvalue weighted by Gasteiger charge is -2.04. The van der Waals surface area contributed by atoms with E-state index in [1.165, 1.54) is 6.07 Å². The molecular weight excluding hydrogens is 272 g/mol. The van der Waals surface area contributed by atoms with Crippen LogP contribution in [0.5, 0.6) is 0 Å². The van der Waals surface area contributed by atoms with Gasteiger partial charge in [0.1, 0.15) is 5.82 Å². The lowest BCUT2D eigenvalue weighted by atomic mass is 10.1. The lowest BCUT2D eigenvalue weighted by molar-refractivity contribution is 0.499. The molecule has 0 bridgehead atoms. The Kier molecular flexibility index (Phi) is 3.15. The highest BCUT2D eigenvalue weighted by atomic mass is 19.2. The summed E-state index contributed by atoms with van der Waals surface area (Å²) in [6, 6.07) is 11.3. The molecule has 104 valence electrons. The number of halogens is 2. The van der Waals surface area contributed by atoms with Crippen LogP contribution in [0.25, 0.3) is 11.0 Å². The van der Waals surface area contributed by atoms with Crippen molar-refractivity contribution < 1.29 is 8.78 Å². The van der Waals surface area contributed by atoms with Crippen molar-refractivity contribution in [1.82, 2.24) is 9.55 Å². The summed E-state index contributed by atoms with van der Waals surface area (Å²) < 4.78 is 28.8. The molecule has 1 heterocycles. The number of benzene rings is 2. The van der Waals surface area contributed by atoms with E-state index in [2.05, 4.69) is 11.1 Å². The summed E-state index contributed by atoms with van der Waals surface area (Å²) in [6.45, 7) is 0. The zero-order valence-electron chi connectivity index (χ0n) is 11.3. The molecule has 2 aromatic carbocycles.